The largest absolute Gasteiger partial charge is 1.00 e. The van der Waals surface area contributed by atoms with E-state index in [0.29, 0.717) is 13.2 Å². The summed E-state index contributed by atoms with van der Waals surface area (Å²) < 4.78 is 41.1. The van der Waals surface area contributed by atoms with Crippen molar-refractivity contribution in [1.29, 1.82) is 0 Å². The maximum absolute atomic E-state index is 7.57. The first kappa shape index (κ1) is 61.6. The molecule has 0 aliphatic heterocycles. The van der Waals surface area contributed by atoms with Crippen LogP contribution >= 0.6 is 0 Å². The number of rotatable bonds is 22. The second-order valence-corrected chi connectivity index (χ2v) is 18.5. The fraction of sp³-hybridized carbons (Fsp3) is 0.526. The normalized spacial score (nSPS) is 11.0. The van der Waals surface area contributed by atoms with E-state index in [1.165, 1.54) is 0 Å². The summed E-state index contributed by atoms with van der Waals surface area (Å²) >= 11 is 0. The molecule has 4 rings (SSSR count). The molecular weight excluding hydrogens is 866 g/mol. The third kappa shape index (κ3) is 21.3. The standard InChI is InChI=1S/C19H31N5O3Si.C17H27N5O3Si.C2H6O.2ClH.H3N.H2O/c1-6-26-28(25-5,27-7-2)16-8-13-20-17-9-11-18(12-10-17)21-22-19-23(3)14-15-24(19)4;1-21-12-13-22(2)17(21)20-19-16-9-7-15(8-10-16)18-11-6-14-26(23-3,24-4)25-5;1-2-3;;;;/h9-12,14-15H,6-8,13,16H2,1-5H3;7-10,12-13H,6,11,14H2,1-5H3;3H,2H2,1H3;2*1H;1H3;1H2. The highest BCUT2D eigenvalue weighted by molar-refractivity contribution is 6.61. The number of anilines is 2. The molecule has 0 saturated heterocycles. The molecule has 4 aromatic rings. The highest BCUT2D eigenvalue weighted by atomic mass is 35.5. The number of hydrogen-bond donors (Lipinski definition) is 4. The van der Waals surface area contributed by atoms with Crippen LogP contribution in [0.1, 0.15) is 33.6 Å². The van der Waals surface area contributed by atoms with Crippen LogP contribution in [0, 0.1) is 0 Å². The molecule has 0 atom stereocenters. The lowest BCUT2D eigenvalue weighted by Gasteiger charge is -2.27. The van der Waals surface area contributed by atoms with Gasteiger partial charge < -0.3 is 78.7 Å². The Morgan fingerprint density at radius 3 is 1.21 bits per heavy atom. The summed E-state index contributed by atoms with van der Waals surface area (Å²) in [6.07, 6.45) is 9.57. The molecule has 0 radical (unpaired) electrons. The summed E-state index contributed by atoms with van der Waals surface area (Å²) in [4.78, 5) is 0. The summed E-state index contributed by atoms with van der Waals surface area (Å²) in [5, 5.41) is 31.5. The number of aromatic nitrogens is 4. The second-order valence-electron chi connectivity index (χ2n) is 12.6. The molecule has 0 fully saturated rings. The van der Waals surface area contributed by atoms with E-state index in [0.717, 1.165) is 72.7 Å². The van der Waals surface area contributed by atoms with Crippen LogP contribution < -0.4 is 50.7 Å². The monoisotopic (exact) mass is 935 g/mol. The lowest BCUT2D eigenvalue weighted by atomic mass is 10.3. The fourth-order valence-corrected chi connectivity index (χ4v) is 9.44. The van der Waals surface area contributed by atoms with E-state index in [9.17, 15) is 0 Å². The molecule has 61 heavy (non-hydrogen) atoms. The molecule has 0 aliphatic carbocycles. The van der Waals surface area contributed by atoms with E-state index in [1.807, 2.05) is 134 Å². The van der Waals surface area contributed by atoms with E-state index in [2.05, 4.69) is 31.1 Å². The van der Waals surface area contributed by atoms with Gasteiger partial charge in [-0.05, 0) is 82.1 Å². The Hall–Kier alpha value is -3.69. The van der Waals surface area contributed by atoms with Crippen LogP contribution in [-0.4, -0.2) is 98.7 Å². The number of imidazole rings is 2. The summed E-state index contributed by atoms with van der Waals surface area (Å²) in [7, 11) is 9.33. The van der Waals surface area contributed by atoms with Crippen LogP contribution in [-0.2, 0) is 54.7 Å². The van der Waals surface area contributed by atoms with Gasteiger partial charge in [0.1, 0.15) is 11.4 Å². The Morgan fingerprint density at radius 1 is 0.607 bits per heavy atom. The van der Waals surface area contributed by atoms with E-state index in [-0.39, 0.29) is 43.0 Å². The second kappa shape index (κ2) is 33.9. The Morgan fingerprint density at radius 2 is 0.934 bits per heavy atom. The highest BCUT2D eigenvalue weighted by Crippen LogP contribution is 2.22. The van der Waals surface area contributed by atoms with Crippen molar-refractivity contribution in [3.63, 3.8) is 0 Å². The topological polar surface area (TPSA) is 233 Å². The van der Waals surface area contributed by atoms with E-state index in [4.69, 9.17) is 31.7 Å². The van der Waals surface area contributed by atoms with Gasteiger partial charge in [-0.2, -0.15) is 0 Å². The third-order valence-electron chi connectivity index (χ3n) is 8.48. The zero-order valence-corrected chi connectivity index (χ0v) is 41.2. The minimum Gasteiger partial charge on any atom is -1.00 e. The molecule has 2 aromatic carbocycles. The smallest absolute Gasteiger partial charge is 0.500 e. The number of nitrogens with one attached hydrogen (secondary N) is 2. The predicted molar refractivity (Wildman–Crippen MR) is 234 cm³/mol. The van der Waals surface area contributed by atoms with Crippen molar-refractivity contribution >= 4 is 52.3 Å². The van der Waals surface area contributed by atoms with Crippen LogP contribution in [0.3, 0.4) is 0 Å². The van der Waals surface area contributed by atoms with Crippen LogP contribution in [0.25, 0.3) is 0 Å². The third-order valence-corrected chi connectivity index (χ3v) is 14.4. The van der Waals surface area contributed by atoms with Crippen molar-refractivity contribution in [2.24, 2.45) is 48.6 Å². The van der Waals surface area contributed by atoms with Crippen molar-refractivity contribution in [3.8, 4) is 0 Å². The molecule has 0 saturated carbocycles. The first-order chi connectivity index (χ1) is 27.5. The molecule has 8 N–H and O–H groups in total. The molecule has 2 aromatic heterocycles. The first-order valence-electron chi connectivity index (χ1n) is 19.1. The molecule has 19 nitrogen and oxygen atoms in total. The highest BCUT2D eigenvalue weighted by Gasteiger charge is 2.39. The van der Waals surface area contributed by atoms with Gasteiger partial charge in [0.2, 0.25) is 0 Å². The molecule has 0 spiro atoms. The Labute approximate surface area is 377 Å². The fourth-order valence-electron chi connectivity index (χ4n) is 5.42. The number of aliphatic hydroxyl groups is 1. The summed E-state index contributed by atoms with van der Waals surface area (Å²) in [5.74, 6) is 1.57. The van der Waals surface area contributed by atoms with Crippen molar-refractivity contribution in [2.45, 2.75) is 45.7 Å². The maximum Gasteiger partial charge on any atom is 0.500 e. The SMILES string of the molecule is CCO.CCO[Si](CCCNc1ccc(N=Nc2n(C)cc[n+]2C)cc1)(OC)OCC.CO[Si](CCCNc1ccc(N=Nc2n(C)cc[n+]2C)cc1)(OC)OC.N.O.[Cl-].[Cl-]. The summed E-state index contributed by atoms with van der Waals surface area (Å²) in [6.45, 7) is 8.70. The van der Waals surface area contributed by atoms with Crippen molar-refractivity contribution in [3.05, 3.63) is 73.3 Å². The Bertz CT molecular complexity index is 1700. The number of aryl methyl sites for hydroxylation is 4. The first-order valence-corrected chi connectivity index (χ1v) is 23.0. The number of hydrogen-bond acceptors (Lipinski definition) is 14. The van der Waals surface area contributed by atoms with Gasteiger partial charge in [-0.25, -0.2) is 18.3 Å². The zero-order chi connectivity index (χ0) is 42.1. The minimum absolute atomic E-state index is 0. The molecule has 0 aliphatic rings. The minimum atomic E-state index is -2.53. The van der Waals surface area contributed by atoms with E-state index >= 15 is 0 Å². The zero-order valence-electron chi connectivity index (χ0n) is 37.7. The average molecular weight is 937 g/mol. The number of nitrogens with zero attached hydrogens (tertiary/aromatic N) is 8. The lowest BCUT2D eigenvalue weighted by Crippen LogP contribution is -3.00. The van der Waals surface area contributed by atoms with Crippen LogP contribution in [0.15, 0.2) is 93.8 Å². The van der Waals surface area contributed by atoms with Crippen LogP contribution in [0.2, 0.25) is 12.1 Å². The molecule has 0 amide bonds. The van der Waals surface area contributed by atoms with Gasteiger partial charge >= 0.3 is 29.5 Å². The van der Waals surface area contributed by atoms with Crippen molar-refractivity contribution < 1.29 is 71.1 Å². The summed E-state index contributed by atoms with van der Waals surface area (Å²) in [6, 6.07) is 17.3. The average Bonchev–Trinajstić information content (AvgIpc) is 3.73. The maximum atomic E-state index is 7.57. The van der Waals surface area contributed by atoms with Gasteiger partial charge in [0.15, 0.2) is 0 Å². The molecule has 0 unspecified atom stereocenters. The van der Waals surface area contributed by atoms with Crippen LogP contribution in [0.4, 0.5) is 34.6 Å². The molecule has 23 heteroatoms. The van der Waals surface area contributed by atoms with Crippen molar-refractivity contribution in [1.82, 2.24) is 15.3 Å². The summed E-state index contributed by atoms with van der Waals surface area (Å²) in [5.41, 5.74) is 3.69. The number of benzene rings is 2. The van der Waals surface area contributed by atoms with Gasteiger partial charge in [0.25, 0.3) is 0 Å². The Kier molecular flexibility index (Phi) is 34.2. The van der Waals surface area contributed by atoms with E-state index in [1.54, 1.807) is 35.4 Å². The van der Waals surface area contributed by atoms with Gasteiger partial charge in [-0.15, -0.1) is 0 Å². The lowest BCUT2D eigenvalue weighted by molar-refractivity contribution is -0.657. The van der Waals surface area contributed by atoms with Gasteiger partial charge in [-0.3, -0.25) is 0 Å². The predicted octanol–water partition coefficient (Wildman–Crippen LogP) is 0.0143. The molecular formula is C38H71Cl2N11O8Si2. The van der Waals surface area contributed by atoms with Crippen LogP contribution in [0.5, 0.6) is 0 Å². The number of azo groups is 2. The Balaban J connectivity index is -0.000000977. The molecule has 0 bridgehead atoms. The van der Waals surface area contributed by atoms with Gasteiger partial charge in [0, 0.05) is 95.0 Å². The quantitative estimate of drug-likeness (QED) is 0.0357. The molecule has 2 heterocycles. The van der Waals surface area contributed by atoms with Gasteiger partial charge in [-0.1, -0.05) is 10.2 Å². The number of halogens is 2. The molecule has 348 valence electrons. The van der Waals surface area contributed by atoms with Gasteiger partial charge in [0.05, 0.1) is 53.0 Å². The number of aliphatic hydroxyl groups excluding tert-OH is 1. The van der Waals surface area contributed by atoms with Crippen molar-refractivity contribution in [2.75, 3.05) is 72.0 Å². The van der Waals surface area contributed by atoms with E-state index < -0.39 is 17.6 Å².